The lowest BCUT2D eigenvalue weighted by Gasteiger charge is -2.17. The maximum Gasteiger partial charge on any atom is 0.225 e. The zero-order valence-corrected chi connectivity index (χ0v) is 26.5. The van der Waals surface area contributed by atoms with E-state index < -0.39 is 11.5 Å². The number of hydrogen-bond donors (Lipinski definition) is 2. The van der Waals surface area contributed by atoms with Crippen molar-refractivity contribution in [3.8, 4) is 5.00 Å². The van der Waals surface area contributed by atoms with Gasteiger partial charge in [-0.05, 0) is 33.3 Å². The molecule has 3 heterocycles. The second kappa shape index (κ2) is 13.7. The van der Waals surface area contributed by atoms with Crippen LogP contribution in [0.4, 0.5) is 0 Å². The van der Waals surface area contributed by atoms with Gasteiger partial charge in [-0.3, -0.25) is 19.1 Å². The summed E-state index contributed by atoms with van der Waals surface area (Å²) in [7, 11) is 0. The van der Waals surface area contributed by atoms with Gasteiger partial charge >= 0.3 is 0 Å². The monoisotopic (exact) mass is 594 g/mol. The number of ether oxygens (including phenoxy) is 2. The van der Waals surface area contributed by atoms with Gasteiger partial charge in [0.1, 0.15) is 16.9 Å². The molecule has 1 aliphatic rings. The molecule has 0 fully saturated rings. The van der Waals surface area contributed by atoms with Gasteiger partial charge in [0, 0.05) is 34.5 Å². The highest BCUT2D eigenvalue weighted by Crippen LogP contribution is 2.39. The predicted molar refractivity (Wildman–Crippen MR) is 165 cm³/mol. The third-order valence-electron chi connectivity index (χ3n) is 7.10. The lowest BCUT2D eigenvalue weighted by molar-refractivity contribution is -0.128. The van der Waals surface area contributed by atoms with Crippen molar-refractivity contribution in [3.05, 3.63) is 63.0 Å². The highest BCUT2D eigenvalue weighted by atomic mass is 32.1. The SMILES string of the molecule is Cc1ccc(C2=N[C@@H](CC(=O)NCCOCCOCCNC(=O)C(C)(C)C)c3nnc(C)n3-c3sc(C)c(C)c32)cc1. The smallest absolute Gasteiger partial charge is 0.225 e. The molecule has 0 saturated heterocycles. The summed E-state index contributed by atoms with van der Waals surface area (Å²) in [5.41, 5.74) is 4.89. The Morgan fingerprint density at radius 3 is 2.21 bits per heavy atom. The van der Waals surface area contributed by atoms with Gasteiger partial charge in [0.2, 0.25) is 11.8 Å². The summed E-state index contributed by atoms with van der Waals surface area (Å²) in [6.45, 7) is 16.3. The van der Waals surface area contributed by atoms with Crippen molar-refractivity contribution in [1.82, 2.24) is 25.4 Å². The molecule has 42 heavy (non-hydrogen) atoms. The molecule has 2 amide bonds. The van der Waals surface area contributed by atoms with Crippen LogP contribution < -0.4 is 10.6 Å². The minimum Gasteiger partial charge on any atom is -0.377 e. The number of amides is 2. The van der Waals surface area contributed by atoms with Crippen LogP contribution in [0.5, 0.6) is 0 Å². The standard InChI is InChI=1S/C31H42N6O4S/c1-19-8-10-23(11-9-19)27-26-20(2)21(3)42-29(26)37-22(4)35-36-28(37)24(34-27)18-25(38)32-12-14-40-16-17-41-15-13-33-30(39)31(5,6)7/h8-11,24H,12-18H2,1-7H3,(H,32,38)(H,33,39)/t24-/m0/s1. The number of aryl methyl sites for hydroxylation is 3. The molecular weight excluding hydrogens is 552 g/mol. The van der Waals surface area contributed by atoms with Crippen LogP contribution in [0.3, 0.4) is 0 Å². The van der Waals surface area contributed by atoms with E-state index in [0.29, 0.717) is 45.3 Å². The normalized spacial score (nSPS) is 14.5. The van der Waals surface area contributed by atoms with E-state index in [4.69, 9.17) is 14.5 Å². The van der Waals surface area contributed by atoms with Gasteiger partial charge in [0.15, 0.2) is 5.82 Å². The average molecular weight is 595 g/mol. The maximum absolute atomic E-state index is 13.0. The Labute approximate surface area is 251 Å². The minimum atomic E-state index is -0.491. The first-order chi connectivity index (χ1) is 20.0. The minimum absolute atomic E-state index is 0.00400. The van der Waals surface area contributed by atoms with E-state index in [1.54, 1.807) is 11.3 Å². The summed E-state index contributed by atoms with van der Waals surface area (Å²) < 4.78 is 13.2. The van der Waals surface area contributed by atoms with E-state index in [1.165, 1.54) is 16.0 Å². The van der Waals surface area contributed by atoms with Gasteiger partial charge in [-0.1, -0.05) is 50.6 Å². The fourth-order valence-electron chi connectivity index (χ4n) is 4.57. The van der Waals surface area contributed by atoms with Crippen molar-refractivity contribution in [2.75, 3.05) is 39.5 Å². The number of thiophene rings is 1. The number of nitrogens with one attached hydrogen (secondary N) is 2. The summed E-state index contributed by atoms with van der Waals surface area (Å²) >= 11 is 1.70. The molecule has 2 aromatic heterocycles. The van der Waals surface area contributed by atoms with Gasteiger partial charge < -0.3 is 20.1 Å². The predicted octanol–water partition coefficient (Wildman–Crippen LogP) is 4.16. The fourth-order valence-corrected chi connectivity index (χ4v) is 5.78. The first-order valence-corrected chi connectivity index (χ1v) is 15.2. The molecule has 11 heteroatoms. The fraction of sp³-hybridized carbons (Fsp3) is 0.516. The van der Waals surface area contributed by atoms with E-state index in [1.807, 2.05) is 27.7 Å². The molecule has 1 aliphatic heterocycles. The van der Waals surface area contributed by atoms with Gasteiger partial charge in [-0.2, -0.15) is 0 Å². The summed E-state index contributed by atoms with van der Waals surface area (Å²) in [5, 5.41) is 15.7. The molecule has 226 valence electrons. The first-order valence-electron chi connectivity index (χ1n) is 14.3. The number of aromatic nitrogens is 3. The second-order valence-corrected chi connectivity index (χ2v) is 12.8. The van der Waals surface area contributed by atoms with Crippen molar-refractivity contribution in [3.63, 3.8) is 0 Å². The number of carbonyl (C=O) groups excluding carboxylic acids is 2. The molecule has 0 unspecified atom stereocenters. The average Bonchev–Trinajstić information content (AvgIpc) is 3.41. The summed E-state index contributed by atoms with van der Waals surface area (Å²) in [4.78, 5) is 31.3. The number of benzene rings is 1. The second-order valence-electron chi connectivity index (χ2n) is 11.5. The lowest BCUT2D eigenvalue weighted by atomic mass is 9.96. The molecule has 10 nitrogen and oxygen atoms in total. The number of carbonyl (C=O) groups is 2. The van der Waals surface area contributed by atoms with Gasteiger partial charge in [0.25, 0.3) is 0 Å². The Kier molecular flexibility index (Phi) is 10.3. The molecule has 0 bridgehead atoms. The van der Waals surface area contributed by atoms with E-state index in [9.17, 15) is 9.59 Å². The number of nitrogens with zero attached hydrogens (tertiary/aromatic N) is 4. The van der Waals surface area contributed by atoms with Crippen LogP contribution in [-0.2, 0) is 19.1 Å². The number of aliphatic imine (C=N–C) groups is 1. The topological polar surface area (TPSA) is 120 Å². The summed E-state index contributed by atoms with van der Waals surface area (Å²) in [6.07, 6.45) is 0.143. The first kappa shape index (κ1) is 31.5. The van der Waals surface area contributed by atoms with E-state index >= 15 is 0 Å². The molecular formula is C31H42N6O4S. The summed E-state index contributed by atoms with van der Waals surface area (Å²) in [6, 6.07) is 7.85. The van der Waals surface area contributed by atoms with Crippen LogP contribution in [-0.4, -0.2) is 71.8 Å². The Hall–Kier alpha value is -3.41. The van der Waals surface area contributed by atoms with Crippen molar-refractivity contribution in [1.29, 1.82) is 0 Å². The molecule has 0 saturated carbocycles. The third kappa shape index (κ3) is 7.50. The maximum atomic E-state index is 13.0. The quantitative estimate of drug-likeness (QED) is 0.304. The van der Waals surface area contributed by atoms with E-state index in [0.717, 1.165) is 27.7 Å². The van der Waals surface area contributed by atoms with Gasteiger partial charge in [0.05, 0.1) is 38.6 Å². The van der Waals surface area contributed by atoms with Crippen molar-refractivity contribution < 1.29 is 19.1 Å². The molecule has 1 atom stereocenters. The van der Waals surface area contributed by atoms with E-state index in [-0.39, 0.29) is 18.2 Å². The Morgan fingerprint density at radius 2 is 1.57 bits per heavy atom. The Morgan fingerprint density at radius 1 is 0.929 bits per heavy atom. The van der Waals surface area contributed by atoms with Gasteiger partial charge in [-0.15, -0.1) is 21.5 Å². The molecule has 2 N–H and O–H groups in total. The van der Waals surface area contributed by atoms with E-state index in [2.05, 4.69) is 70.4 Å². The summed E-state index contributed by atoms with van der Waals surface area (Å²) in [5.74, 6) is 1.30. The van der Waals surface area contributed by atoms with Crippen molar-refractivity contribution in [2.45, 2.75) is 60.9 Å². The molecule has 4 rings (SSSR count). The van der Waals surface area contributed by atoms with Crippen LogP contribution in [0.15, 0.2) is 29.3 Å². The van der Waals surface area contributed by atoms with Crippen molar-refractivity contribution in [2.24, 2.45) is 10.4 Å². The molecule has 1 aromatic carbocycles. The Bertz CT molecular complexity index is 1430. The van der Waals surface area contributed by atoms with Crippen LogP contribution in [0.1, 0.15) is 72.0 Å². The molecule has 0 spiro atoms. The molecule has 3 aromatic rings. The van der Waals surface area contributed by atoms with Crippen LogP contribution in [0.25, 0.3) is 5.00 Å². The lowest BCUT2D eigenvalue weighted by Crippen LogP contribution is -2.36. The van der Waals surface area contributed by atoms with Crippen molar-refractivity contribution >= 4 is 28.9 Å². The van der Waals surface area contributed by atoms with Crippen LogP contribution in [0.2, 0.25) is 0 Å². The number of fused-ring (bicyclic) bond motifs is 3. The molecule has 0 aliphatic carbocycles. The number of rotatable bonds is 12. The zero-order valence-electron chi connectivity index (χ0n) is 25.7. The highest BCUT2D eigenvalue weighted by Gasteiger charge is 2.32. The van der Waals surface area contributed by atoms with Gasteiger partial charge in [-0.25, -0.2) is 0 Å². The number of hydrogen-bond acceptors (Lipinski definition) is 8. The van der Waals surface area contributed by atoms with Crippen LogP contribution >= 0.6 is 11.3 Å². The largest absolute Gasteiger partial charge is 0.377 e. The zero-order chi connectivity index (χ0) is 30.4. The molecule has 0 radical (unpaired) electrons. The third-order valence-corrected chi connectivity index (χ3v) is 8.29. The Balaban J connectivity index is 1.34. The highest BCUT2D eigenvalue weighted by molar-refractivity contribution is 7.15. The van der Waals surface area contributed by atoms with Crippen LogP contribution in [0, 0.1) is 33.1 Å².